The van der Waals surface area contributed by atoms with Crippen LogP contribution in [0.3, 0.4) is 0 Å². The molecule has 0 aromatic rings. The topological polar surface area (TPSA) is 84.9 Å². The minimum absolute atomic E-state index is 0.470. The van der Waals surface area contributed by atoms with Crippen molar-refractivity contribution in [2.24, 2.45) is 0 Å². The third kappa shape index (κ3) is 8.42. The zero-order valence-electron chi connectivity index (χ0n) is 12.4. The van der Waals surface area contributed by atoms with Crippen LogP contribution in [0.1, 0.15) is 47.5 Å². The van der Waals surface area contributed by atoms with Gasteiger partial charge < -0.3 is 19.9 Å². The van der Waals surface area contributed by atoms with Crippen molar-refractivity contribution in [1.82, 2.24) is 5.32 Å². The Kier molecular flexibility index (Phi) is 7.44. The molecule has 0 aliphatic carbocycles. The number of rotatable bonds is 7. The van der Waals surface area contributed by atoms with E-state index in [1.165, 1.54) is 0 Å². The van der Waals surface area contributed by atoms with Gasteiger partial charge in [0.15, 0.2) is 6.04 Å². The third-order valence-corrected chi connectivity index (χ3v) is 2.29. The lowest BCUT2D eigenvalue weighted by molar-refractivity contribution is -0.143. The lowest BCUT2D eigenvalue weighted by Crippen LogP contribution is -2.50. The van der Waals surface area contributed by atoms with Crippen LogP contribution in [0.25, 0.3) is 0 Å². The molecule has 2 N–H and O–H groups in total. The summed E-state index contributed by atoms with van der Waals surface area (Å²) in [6.45, 7) is 9.24. The van der Waals surface area contributed by atoms with Gasteiger partial charge in [-0.3, -0.25) is 0 Å². The Hall–Kier alpha value is -1.30. The van der Waals surface area contributed by atoms with E-state index in [0.717, 1.165) is 12.8 Å². The van der Waals surface area contributed by atoms with E-state index in [9.17, 15) is 9.59 Å². The fourth-order valence-electron chi connectivity index (χ4n) is 1.32. The second-order valence-electron chi connectivity index (χ2n) is 5.39. The number of carboxylic acids is 1. The van der Waals surface area contributed by atoms with Crippen LogP contribution >= 0.6 is 0 Å². The molecule has 0 aromatic heterocycles. The molecule has 0 radical (unpaired) electrons. The maximum absolute atomic E-state index is 11.6. The number of hydrogen-bond donors (Lipinski definition) is 2. The Balaban J connectivity index is 4.40. The minimum atomic E-state index is -1.14. The molecule has 0 aliphatic rings. The predicted molar refractivity (Wildman–Crippen MR) is 71.1 cm³/mol. The number of unbranched alkanes of at least 4 members (excludes halogenated alkanes) is 1. The summed E-state index contributed by atoms with van der Waals surface area (Å²) in [6, 6.07) is -1.12. The van der Waals surface area contributed by atoms with Crippen molar-refractivity contribution in [1.29, 1.82) is 0 Å². The van der Waals surface area contributed by atoms with Crippen LogP contribution in [0.2, 0.25) is 0 Å². The summed E-state index contributed by atoms with van der Waals surface area (Å²) < 4.78 is 10.4. The highest BCUT2D eigenvalue weighted by Crippen LogP contribution is 2.08. The van der Waals surface area contributed by atoms with Crippen molar-refractivity contribution in [3.8, 4) is 0 Å². The van der Waals surface area contributed by atoms with Crippen LogP contribution in [0.5, 0.6) is 0 Å². The number of carbonyl (C=O) groups is 2. The molecule has 0 bridgehead atoms. The van der Waals surface area contributed by atoms with Crippen LogP contribution in [0.15, 0.2) is 0 Å². The fourth-order valence-corrected chi connectivity index (χ4v) is 1.32. The summed E-state index contributed by atoms with van der Waals surface area (Å²) in [6.07, 6.45) is 0.440. The van der Waals surface area contributed by atoms with E-state index >= 15 is 0 Å². The van der Waals surface area contributed by atoms with Crippen molar-refractivity contribution < 1.29 is 24.2 Å². The van der Waals surface area contributed by atoms with Gasteiger partial charge in [-0.05, 0) is 34.1 Å². The summed E-state index contributed by atoms with van der Waals surface area (Å²) in [7, 11) is 0. The van der Waals surface area contributed by atoms with Crippen molar-refractivity contribution >= 4 is 12.1 Å². The standard InChI is InChI=1S/C13H25NO5/c1-6-7-8-18-9(2)10(11(15)16)14-12(17)19-13(3,4)5/h9-10H,6-8H2,1-5H3,(H,14,17)(H,15,16)/t9-,10+/m1/s1. The molecule has 0 fully saturated rings. The van der Waals surface area contributed by atoms with E-state index in [2.05, 4.69) is 5.32 Å². The third-order valence-electron chi connectivity index (χ3n) is 2.29. The molecular formula is C13H25NO5. The molecule has 0 saturated carbocycles. The second-order valence-corrected chi connectivity index (χ2v) is 5.39. The molecule has 0 aliphatic heterocycles. The number of hydrogen-bond acceptors (Lipinski definition) is 4. The van der Waals surface area contributed by atoms with Crippen molar-refractivity contribution in [3.63, 3.8) is 0 Å². The number of aliphatic carboxylic acids is 1. The normalized spacial score (nSPS) is 14.6. The van der Waals surface area contributed by atoms with E-state index < -0.39 is 29.8 Å². The Bertz CT molecular complexity index is 298. The molecule has 0 aromatic carbocycles. The van der Waals surface area contributed by atoms with E-state index in [1.54, 1.807) is 27.7 Å². The fraction of sp³-hybridized carbons (Fsp3) is 0.846. The van der Waals surface area contributed by atoms with E-state index in [0.29, 0.717) is 6.61 Å². The van der Waals surface area contributed by atoms with E-state index in [-0.39, 0.29) is 0 Å². The first-order valence-electron chi connectivity index (χ1n) is 6.51. The molecule has 1 amide bonds. The van der Waals surface area contributed by atoms with Gasteiger partial charge in [0.05, 0.1) is 6.10 Å². The number of ether oxygens (including phenoxy) is 2. The van der Waals surface area contributed by atoms with Crippen LogP contribution in [-0.2, 0) is 14.3 Å². The van der Waals surface area contributed by atoms with Gasteiger partial charge in [-0.1, -0.05) is 13.3 Å². The zero-order valence-corrected chi connectivity index (χ0v) is 12.4. The average molecular weight is 275 g/mol. The van der Waals surface area contributed by atoms with Crippen molar-refractivity contribution in [3.05, 3.63) is 0 Å². The van der Waals surface area contributed by atoms with Gasteiger partial charge >= 0.3 is 12.1 Å². The smallest absolute Gasteiger partial charge is 0.408 e. The van der Waals surface area contributed by atoms with Gasteiger partial charge in [-0.15, -0.1) is 0 Å². The van der Waals surface area contributed by atoms with E-state index in [4.69, 9.17) is 14.6 Å². The number of alkyl carbamates (subject to hydrolysis) is 1. The van der Waals surface area contributed by atoms with Gasteiger partial charge in [-0.25, -0.2) is 9.59 Å². The molecule has 0 rings (SSSR count). The Morgan fingerprint density at radius 3 is 2.32 bits per heavy atom. The highest BCUT2D eigenvalue weighted by Gasteiger charge is 2.29. The maximum atomic E-state index is 11.6. The Labute approximate surface area is 114 Å². The van der Waals surface area contributed by atoms with Crippen LogP contribution in [-0.4, -0.2) is 41.5 Å². The zero-order chi connectivity index (χ0) is 15.1. The Morgan fingerprint density at radius 1 is 1.32 bits per heavy atom. The van der Waals surface area contributed by atoms with Gasteiger partial charge in [0.25, 0.3) is 0 Å². The highest BCUT2D eigenvalue weighted by molar-refractivity contribution is 5.80. The molecule has 0 heterocycles. The summed E-state index contributed by atoms with van der Waals surface area (Å²) in [5.74, 6) is -1.14. The first-order chi connectivity index (χ1) is 8.67. The molecule has 6 nitrogen and oxygen atoms in total. The van der Waals surface area contributed by atoms with Crippen molar-refractivity contribution in [2.75, 3.05) is 6.61 Å². The first-order valence-corrected chi connectivity index (χ1v) is 6.51. The molecular weight excluding hydrogens is 250 g/mol. The van der Waals surface area contributed by atoms with Crippen LogP contribution in [0.4, 0.5) is 4.79 Å². The maximum Gasteiger partial charge on any atom is 0.408 e. The van der Waals surface area contributed by atoms with Gasteiger partial charge in [0, 0.05) is 6.61 Å². The average Bonchev–Trinajstić information content (AvgIpc) is 2.23. The summed E-state index contributed by atoms with van der Waals surface area (Å²) in [5, 5.41) is 11.4. The number of carbonyl (C=O) groups excluding carboxylic acids is 1. The first kappa shape index (κ1) is 17.7. The summed E-state index contributed by atoms with van der Waals surface area (Å²) >= 11 is 0. The summed E-state index contributed by atoms with van der Waals surface area (Å²) in [4.78, 5) is 22.7. The highest BCUT2D eigenvalue weighted by atomic mass is 16.6. The van der Waals surface area contributed by atoms with Crippen molar-refractivity contribution in [2.45, 2.75) is 65.2 Å². The summed E-state index contributed by atoms with van der Waals surface area (Å²) in [5.41, 5.74) is -0.667. The predicted octanol–water partition coefficient (Wildman–Crippen LogP) is 2.17. The molecule has 6 heteroatoms. The molecule has 19 heavy (non-hydrogen) atoms. The van der Waals surface area contributed by atoms with E-state index in [1.807, 2.05) is 6.92 Å². The van der Waals surface area contributed by atoms with Gasteiger partial charge in [-0.2, -0.15) is 0 Å². The number of nitrogens with one attached hydrogen (secondary N) is 1. The lowest BCUT2D eigenvalue weighted by Gasteiger charge is -2.25. The quantitative estimate of drug-likeness (QED) is 0.695. The van der Waals surface area contributed by atoms with Crippen LogP contribution < -0.4 is 5.32 Å². The number of amides is 1. The van der Waals surface area contributed by atoms with Crippen LogP contribution in [0, 0.1) is 0 Å². The molecule has 112 valence electrons. The monoisotopic (exact) mass is 275 g/mol. The van der Waals surface area contributed by atoms with Gasteiger partial charge in [0.1, 0.15) is 5.60 Å². The Morgan fingerprint density at radius 2 is 1.89 bits per heavy atom. The largest absolute Gasteiger partial charge is 0.480 e. The molecule has 2 atom stereocenters. The lowest BCUT2D eigenvalue weighted by atomic mass is 10.2. The molecule has 0 unspecified atom stereocenters. The molecule has 0 spiro atoms. The SMILES string of the molecule is CCCCO[C@H](C)[C@H](NC(=O)OC(C)(C)C)C(=O)O. The second kappa shape index (κ2) is 7.99. The number of carboxylic acid groups (broad SMARTS) is 1. The minimum Gasteiger partial charge on any atom is -0.480 e. The van der Waals surface area contributed by atoms with Gasteiger partial charge in [0.2, 0.25) is 0 Å². The molecule has 0 saturated heterocycles.